The molecule has 1 saturated heterocycles. The summed E-state index contributed by atoms with van der Waals surface area (Å²) in [7, 11) is 0. The number of aromatic nitrogens is 2. The van der Waals surface area contributed by atoms with Gasteiger partial charge >= 0.3 is 0 Å². The van der Waals surface area contributed by atoms with Crippen molar-refractivity contribution in [1.29, 1.82) is 5.26 Å². The zero-order valence-corrected chi connectivity index (χ0v) is 11.4. The lowest BCUT2D eigenvalue weighted by Crippen LogP contribution is -2.39. The first kappa shape index (κ1) is 13.1. The van der Waals surface area contributed by atoms with Crippen LogP contribution in [0.4, 0.5) is 4.39 Å². The highest BCUT2D eigenvalue weighted by Crippen LogP contribution is 2.24. The van der Waals surface area contributed by atoms with E-state index in [0.717, 1.165) is 36.2 Å². The van der Waals surface area contributed by atoms with Crippen molar-refractivity contribution in [2.75, 3.05) is 13.1 Å². The summed E-state index contributed by atoms with van der Waals surface area (Å²) in [6.45, 7) is 4.20. The number of H-pyrrole nitrogens is 1. The fraction of sp³-hybridized carbons (Fsp3) is 0.467. The Morgan fingerprint density at radius 1 is 1.60 bits per heavy atom. The van der Waals surface area contributed by atoms with Crippen molar-refractivity contribution >= 4 is 11.0 Å². The molecule has 5 heteroatoms. The van der Waals surface area contributed by atoms with E-state index in [-0.39, 0.29) is 5.92 Å². The van der Waals surface area contributed by atoms with Gasteiger partial charge < -0.3 is 4.98 Å². The third-order valence-corrected chi connectivity index (χ3v) is 3.99. The van der Waals surface area contributed by atoms with Crippen LogP contribution in [0.3, 0.4) is 0 Å². The molecule has 1 fully saturated rings. The van der Waals surface area contributed by atoms with Crippen LogP contribution in [0, 0.1) is 17.2 Å². The Labute approximate surface area is 117 Å². The van der Waals surface area contributed by atoms with Gasteiger partial charge in [-0.25, -0.2) is 9.37 Å². The largest absolute Gasteiger partial charge is 0.360 e. The smallest absolute Gasteiger partial charge is 0.141 e. The van der Waals surface area contributed by atoms with Gasteiger partial charge in [0.2, 0.25) is 0 Å². The molecule has 3 heterocycles. The van der Waals surface area contributed by atoms with Gasteiger partial charge in [-0.15, -0.1) is 0 Å². The van der Waals surface area contributed by atoms with Crippen molar-refractivity contribution in [2.45, 2.75) is 26.1 Å². The molecule has 4 nitrogen and oxygen atoms in total. The molecule has 3 rings (SSSR count). The highest BCUT2D eigenvalue weighted by atomic mass is 19.1. The fourth-order valence-corrected chi connectivity index (χ4v) is 2.88. The third kappa shape index (κ3) is 2.39. The number of fused-ring (bicyclic) bond motifs is 1. The summed E-state index contributed by atoms with van der Waals surface area (Å²) in [5, 5.41) is 9.06. The predicted octanol–water partition coefficient (Wildman–Crippen LogP) is 2.61. The molecule has 0 amide bonds. The molecule has 0 spiro atoms. The van der Waals surface area contributed by atoms with Gasteiger partial charge in [-0.3, -0.25) is 4.90 Å². The standard InChI is InChI=1S/C15H17FN4/c1-10-8-20(5-3-13(10)16)9-11-6-12(7-17)19-14-2-4-18-15(11)14/h2,4,6,10,13,18H,3,5,8-9H2,1H3/t10-,13+/m1/s1. The van der Waals surface area contributed by atoms with E-state index in [1.807, 2.05) is 25.3 Å². The van der Waals surface area contributed by atoms with Crippen LogP contribution < -0.4 is 0 Å². The first-order valence-electron chi connectivity index (χ1n) is 6.91. The summed E-state index contributed by atoms with van der Waals surface area (Å²) in [5.41, 5.74) is 3.27. The molecular weight excluding hydrogens is 255 g/mol. The number of alkyl halides is 1. The van der Waals surface area contributed by atoms with Crippen LogP contribution in [0.1, 0.15) is 24.6 Å². The highest BCUT2D eigenvalue weighted by molar-refractivity contribution is 5.79. The molecule has 1 aliphatic heterocycles. The summed E-state index contributed by atoms with van der Waals surface area (Å²) in [4.78, 5) is 9.69. The molecular formula is C15H17FN4. The number of aromatic amines is 1. The van der Waals surface area contributed by atoms with Gasteiger partial charge in [0.25, 0.3) is 0 Å². The fourth-order valence-electron chi connectivity index (χ4n) is 2.88. The van der Waals surface area contributed by atoms with E-state index in [1.165, 1.54) is 0 Å². The minimum absolute atomic E-state index is 0.0696. The second-order valence-corrected chi connectivity index (χ2v) is 5.53. The summed E-state index contributed by atoms with van der Waals surface area (Å²) in [5.74, 6) is 0.0696. The van der Waals surface area contributed by atoms with Crippen LogP contribution in [-0.4, -0.2) is 34.1 Å². The second kappa shape index (κ2) is 5.22. The molecule has 0 aliphatic carbocycles. The highest BCUT2D eigenvalue weighted by Gasteiger charge is 2.26. The lowest BCUT2D eigenvalue weighted by molar-refractivity contribution is 0.0929. The number of piperidine rings is 1. The van der Waals surface area contributed by atoms with Gasteiger partial charge in [-0.1, -0.05) is 6.92 Å². The molecule has 1 aliphatic rings. The maximum Gasteiger partial charge on any atom is 0.141 e. The van der Waals surface area contributed by atoms with E-state index in [1.54, 1.807) is 0 Å². The Bertz CT molecular complexity index is 657. The number of nitrogens with zero attached hydrogens (tertiary/aromatic N) is 3. The number of nitrogens with one attached hydrogen (secondary N) is 1. The molecule has 20 heavy (non-hydrogen) atoms. The first-order valence-corrected chi connectivity index (χ1v) is 6.91. The number of pyridine rings is 1. The van der Waals surface area contributed by atoms with E-state index in [0.29, 0.717) is 12.1 Å². The Balaban J connectivity index is 1.87. The van der Waals surface area contributed by atoms with E-state index < -0.39 is 6.17 Å². The number of likely N-dealkylation sites (tertiary alicyclic amines) is 1. The summed E-state index contributed by atoms with van der Waals surface area (Å²) in [6, 6.07) is 5.79. The Kier molecular flexibility index (Phi) is 3.41. The van der Waals surface area contributed by atoms with Crippen molar-refractivity contribution in [3.8, 4) is 6.07 Å². The van der Waals surface area contributed by atoms with Crippen molar-refractivity contribution < 1.29 is 4.39 Å². The van der Waals surface area contributed by atoms with E-state index in [9.17, 15) is 4.39 Å². The maximum absolute atomic E-state index is 13.5. The van der Waals surface area contributed by atoms with Crippen LogP contribution in [0.15, 0.2) is 18.3 Å². The molecule has 2 atom stereocenters. The normalized spacial score (nSPS) is 23.9. The topological polar surface area (TPSA) is 55.7 Å². The average molecular weight is 272 g/mol. The lowest BCUT2D eigenvalue weighted by atomic mass is 9.97. The average Bonchev–Trinajstić information content (AvgIpc) is 2.91. The molecule has 1 N–H and O–H groups in total. The van der Waals surface area contributed by atoms with Gasteiger partial charge in [-0.2, -0.15) is 5.26 Å². The van der Waals surface area contributed by atoms with Crippen LogP contribution in [-0.2, 0) is 6.54 Å². The molecule has 0 radical (unpaired) electrons. The molecule has 0 bridgehead atoms. The zero-order chi connectivity index (χ0) is 14.1. The lowest BCUT2D eigenvalue weighted by Gasteiger charge is -2.33. The van der Waals surface area contributed by atoms with Crippen LogP contribution in [0.5, 0.6) is 0 Å². The van der Waals surface area contributed by atoms with Crippen molar-refractivity contribution in [3.63, 3.8) is 0 Å². The molecule has 2 aromatic rings. The second-order valence-electron chi connectivity index (χ2n) is 5.53. The summed E-state index contributed by atoms with van der Waals surface area (Å²) >= 11 is 0. The number of nitriles is 1. The maximum atomic E-state index is 13.5. The quantitative estimate of drug-likeness (QED) is 0.914. The first-order chi connectivity index (χ1) is 9.67. The minimum atomic E-state index is -0.691. The molecule has 2 aromatic heterocycles. The number of rotatable bonds is 2. The van der Waals surface area contributed by atoms with E-state index in [2.05, 4.69) is 20.9 Å². The van der Waals surface area contributed by atoms with Gasteiger partial charge in [0, 0.05) is 31.7 Å². The van der Waals surface area contributed by atoms with E-state index >= 15 is 0 Å². The molecule has 0 aromatic carbocycles. The Morgan fingerprint density at radius 3 is 3.20 bits per heavy atom. The Hall–Kier alpha value is -1.93. The van der Waals surface area contributed by atoms with Crippen molar-refractivity contribution in [3.05, 3.63) is 29.6 Å². The zero-order valence-electron chi connectivity index (χ0n) is 11.4. The Morgan fingerprint density at radius 2 is 2.45 bits per heavy atom. The number of halogens is 1. The van der Waals surface area contributed by atoms with E-state index in [4.69, 9.17) is 5.26 Å². The molecule has 0 saturated carbocycles. The van der Waals surface area contributed by atoms with Crippen LogP contribution in [0.25, 0.3) is 11.0 Å². The van der Waals surface area contributed by atoms with Crippen molar-refractivity contribution in [1.82, 2.24) is 14.9 Å². The number of hydrogen-bond acceptors (Lipinski definition) is 3. The van der Waals surface area contributed by atoms with Crippen molar-refractivity contribution in [2.24, 2.45) is 5.92 Å². The van der Waals surface area contributed by atoms with Gasteiger partial charge in [0.15, 0.2) is 0 Å². The van der Waals surface area contributed by atoms with Crippen LogP contribution >= 0.6 is 0 Å². The monoisotopic (exact) mass is 272 g/mol. The summed E-state index contributed by atoms with van der Waals surface area (Å²) in [6.07, 6.45) is 1.73. The van der Waals surface area contributed by atoms with Gasteiger partial charge in [0.1, 0.15) is 17.9 Å². The van der Waals surface area contributed by atoms with Crippen LogP contribution in [0.2, 0.25) is 0 Å². The SMILES string of the molecule is C[C@@H]1CN(Cc2cc(C#N)nc3cc[nH]c23)CC[C@@H]1F. The third-order valence-electron chi connectivity index (χ3n) is 3.99. The number of hydrogen-bond donors (Lipinski definition) is 1. The predicted molar refractivity (Wildman–Crippen MR) is 74.8 cm³/mol. The molecule has 0 unspecified atom stereocenters. The van der Waals surface area contributed by atoms with Gasteiger partial charge in [-0.05, 0) is 24.1 Å². The minimum Gasteiger partial charge on any atom is -0.360 e. The molecule has 104 valence electrons. The van der Waals surface area contributed by atoms with Gasteiger partial charge in [0.05, 0.1) is 11.0 Å². The summed E-state index contributed by atoms with van der Waals surface area (Å²) < 4.78 is 13.5.